The number of nitrogens with zero attached hydrogens (tertiary/aromatic N) is 1. The molecule has 1 saturated carbocycles. The van der Waals surface area contributed by atoms with Crippen LogP contribution in [0.2, 0.25) is 0 Å². The van der Waals surface area contributed by atoms with Crippen molar-refractivity contribution >= 4 is 0 Å². The summed E-state index contributed by atoms with van der Waals surface area (Å²) in [5.74, 6) is 0. The molecule has 3 nitrogen and oxygen atoms in total. The Morgan fingerprint density at radius 2 is 1.94 bits per heavy atom. The average Bonchev–Trinajstić information content (AvgIpc) is 3.05. The zero-order chi connectivity index (χ0) is 13.1. The first-order chi connectivity index (χ1) is 7.84. The van der Waals surface area contributed by atoms with Crippen molar-refractivity contribution in [1.29, 1.82) is 0 Å². The molecule has 0 aliphatic heterocycles. The molecular weight excluding hydrogens is 212 g/mol. The molecule has 17 heavy (non-hydrogen) atoms. The fourth-order valence-corrected chi connectivity index (χ4v) is 2.02. The quantitative estimate of drug-likeness (QED) is 0.715. The lowest BCUT2D eigenvalue weighted by Gasteiger charge is -2.36. The van der Waals surface area contributed by atoms with Gasteiger partial charge in [-0.2, -0.15) is 0 Å². The van der Waals surface area contributed by atoms with Crippen LogP contribution in [0.1, 0.15) is 47.0 Å². The lowest BCUT2D eigenvalue weighted by molar-refractivity contribution is 0.129. The number of aliphatic hydroxyl groups excluding tert-OH is 1. The summed E-state index contributed by atoms with van der Waals surface area (Å²) in [7, 11) is 2.18. The van der Waals surface area contributed by atoms with Gasteiger partial charge in [-0.3, -0.25) is 0 Å². The number of hydrogen-bond donors (Lipinski definition) is 2. The summed E-state index contributed by atoms with van der Waals surface area (Å²) in [6.07, 6.45) is 3.60. The summed E-state index contributed by atoms with van der Waals surface area (Å²) in [6.45, 7) is 10.4. The van der Waals surface area contributed by atoms with E-state index in [1.54, 1.807) is 0 Å². The average molecular weight is 242 g/mol. The lowest BCUT2D eigenvalue weighted by Crippen LogP contribution is -2.43. The number of hydrogen-bond acceptors (Lipinski definition) is 3. The van der Waals surface area contributed by atoms with E-state index in [0.29, 0.717) is 17.5 Å². The van der Waals surface area contributed by atoms with Gasteiger partial charge in [-0.15, -0.1) is 0 Å². The highest BCUT2D eigenvalue weighted by Gasteiger charge is 2.26. The van der Waals surface area contributed by atoms with Crippen LogP contribution in [0.3, 0.4) is 0 Å². The molecule has 0 aromatic rings. The van der Waals surface area contributed by atoms with Crippen molar-refractivity contribution in [1.82, 2.24) is 10.2 Å². The molecule has 2 atom stereocenters. The fraction of sp³-hybridized carbons (Fsp3) is 1.00. The van der Waals surface area contributed by atoms with E-state index in [1.807, 2.05) is 0 Å². The van der Waals surface area contributed by atoms with Crippen LogP contribution < -0.4 is 5.32 Å². The molecule has 2 N–H and O–H groups in total. The second-order valence-corrected chi connectivity index (χ2v) is 6.63. The maximum atomic E-state index is 9.33. The first-order valence-corrected chi connectivity index (χ1v) is 6.91. The summed E-state index contributed by atoms with van der Waals surface area (Å²) in [6, 6.07) is 1.51. The van der Waals surface area contributed by atoms with E-state index < -0.39 is 0 Å². The molecule has 1 fully saturated rings. The molecule has 2 unspecified atom stereocenters. The maximum absolute atomic E-state index is 9.33. The van der Waals surface area contributed by atoms with Crippen LogP contribution in [-0.2, 0) is 0 Å². The Labute approximate surface area is 107 Å². The summed E-state index contributed by atoms with van der Waals surface area (Å²) in [5.41, 5.74) is 0.313. The van der Waals surface area contributed by atoms with Gasteiger partial charge < -0.3 is 15.3 Å². The van der Waals surface area contributed by atoms with Gasteiger partial charge >= 0.3 is 0 Å². The predicted octanol–water partition coefficient (Wildman–Crippen LogP) is 1.86. The van der Waals surface area contributed by atoms with Gasteiger partial charge in [0, 0.05) is 18.1 Å². The van der Waals surface area contributed by atoms with Gasteiger partial charge in [0.2, 0.25) is 0 Å². The van der Waals surface area contributed by atoms with E-state index in [-0.39, 0.29) is 12.6 Å². The number of rotatable bonds is 7. The Morgan fingerprint density at radius 3 is 2.35 bits per heavy atom. The predicted molar refractivity (Wildman–Crippen MR) is 73.2 cm³/mol. The highest BCUT2D eigenvalue weighted by Crippen LogP contribution is 2.23. The molecule has 1 aliphatic carbocycles. The molecule has 0 aromatic carbocycles. The first kappa shape index (κ1) is 14.9. The normalized spacial score (nSPS) is 20.6. The Kier molecular flexibility index (Phi) is 5.42. The van der Waals surface area contributed by atoms with Gasteiger partial charge in [-0.1, -0.05) is 20.8 Å². The molecular formula is C14H30N2O. The molecule has 3 heteroatoms. The molecule has 1 rings (SSSR count). The molecule has 102 valence electrons. The third-order valence-electron chi connectivity index (χ3n) is 4.01. The third kappa shape index (κ3) is 5.36. The van der Waals surface area contributed by atoms with Crippen molar-refractivity contribution in [3.8, 4) is 0 Å². The van der Waals surface area contributed by atoms with Crippen molar-refractivity contribution in [3.05, 3.63) is 0 Å². The second kappa shape index (κ2) is 6.17. The zero-order valence-corrected chi connectivity index (χ0v) is 12.2. The van der Waals surface area contributed by atoms with Gasteiger partial charge in [0.15, 0.2) is 0 Å². The maximum Gasteiger partial charge on any atom is 0.0585 e. The van der Waals surface area contributed by atoms with Crippen molar-refractivity contribution in [3.63, 3.8) is 0 Å². The van der Waals surface area contributed by atoms with E-state index in [4.69, 9.17) is 0 Å². The minimum atomic E-state index is 0.258. The Hall–Kier alpha value is -0.120. The highest BCUT2D eigenvalue weighted by atomic mass is 16.3. The zero-order valence-electron chi connectivity index (χ0n) is 12.2. The van der Waals surface area contributed by atoms with Gasteiger partial charge in [0.05, 0.1) is 6.61 Å². The summed E-state index contributed by atoms with van der Waals surface area (Å²) >= 11 is 0. The van der Waals surface area contributed by atoms with Crippen LogP contribution in [0.25, 0.3) is 0 Å². The minimum Gasteiger partial charge on any atom is -0.395 e. The summed E-state index contributed by atoms with van der Waals surface area (Å²) < 4.78 is 0. The smallest absolute Gasteiger partial charge is 0.0585 e. The Bertz CT molecular complexity index is 221. The van der Waals surface area contributed by atoms with Gasteiger partial charge in [0.1, 0.15) is 0 Å². The number of nitrogens with one attached hydrogen (secondary N) is 1. The molecule has 0 spiro atoms. The highest BCUT2D eigenvalue weighted by molar-refractivity contribution is 4.85. The lowest BCUT2D eigenvalue weighted by atomic mass is 9.87. The molecule has 0 aromatic heterocycles. The van der Waals surface area contributed by atoms with Crippen molar-refractivity contribution in [2.75, 3.05) is 20.2 Å². The van der Waals surface area contributed by atoms with E-state index in [1.165, 1.54) is 12.8 Å². The van der Waals surface area contributed by atoms with Gasteiger partial charge in [0.25, 0.3) is 0 Å². The molecule has 0 radical (unpaired) electrons. The van der Waals surface area contributed by atoms with Crippen LogP contribution in [0.5, 0.6) is 0 Å². The van der Waals surface area contributed by atoms with Crippen LogP contribution in [-0.4, -0.2) is 48.3 Å². The fourth-order valence-electron chi connectivity index (χ4n) is 2.02. The molecule has 0 heterocycles. The van der Waals surface area contributed by atoms with Crippen LogP contribution in [0.15, 0.2) is 0 Å². The standard InChI is InChI=1S/C14H30N2O/c1-11(14(2,3)4)16(5)9-8-13(10-17)15-12-6-7-12/h11-13,15,17H,6-10H2,1-5H3. The molecule has 0 saturated heterocycles. The van der Waals surface area contributed by atoms with Crippen LogP contribution in [0.4, 0.5) is 0 Å². The van der Waals surface area contributed by atoms with Crippen LogP contribution >= 0.6 is 0 Å². The van der Waals surface area contributed by atoms with Crippen LogP contribution in [0, 0.1) is 5.41 Å². The van der Waals surface area contributed by atoms with E-state index in [2.05, 4.69) is 45.0 Å². The topological polar surface area (TPSA) is 35.5 Å². The Balaban J connectivity index is 2.27. The van der Waals surface area contributed by atoms with E-state index in [9.17, 15) is 5.11 Å². The van der Waals surface area contributed by atoms with Crippen molar-refractivity contribution in [2.45, 2.75) is 65.1 Å². The second-order valence-electron chi connectivity index (χ2n) is 6.63. The van der Waals surface area contributed by atoms with Crippen molar-refractivity contribution < 1.29 is 5.11 Å². The minimum absolute atomic E-state index is 0.258. The monoisotopic (exact) mass is 242 g/mol. The van der Waals surface area contributed by atoms with E-state index >= 15 is 0 Å². The van der Waals surface area contributed by atoms with Gasteiger partial charge in [-0.05, 0) is 45.2 Å². The SMILES string of the molecule is CC(N(C)CCC(CO)NC1CC1)C(C)(C)C. The van der Waals surface area contributed by atoms with E-state index in [0.717, 1.165) is 13.0 Å². The molecule has 1 aliphatic rings. The molecule has 0 bridgehead atoms. The van der Waals surface area contributed by atoms with Crippen molar-refractivity contribution in [2.24, 2.45) is 5.41 Å². The summed E-state index contributed by atoms with van der Waals surface area (Å²) in [5, 5.41) is 12.8. The number of aliphatic hydroxyl groups is 1. The largest absolute Gasteiger partial charge is 0.395 e. The summed E-state index contributed by atoms with van der Waals surface area (Å²) in [4.78, 5) is 2.40. The Morgan fingerprint density at radius 1 is 1.35 bits per heavy atom. The molecule has 0 amide bonds. The third-order valence-corrected chi connectivity index (χ3v) is 4.01. The van der Waals surface area contributed by atoms with Gasteiger partial charge in [-0.25, -0.2) is 0 Å². The first-order valence-electron chi connectivity index (χ1n) is 6.91.